The van der Waals surface area contributed by atoms with Gasteiger partial charge in [-0.3, -0.25) is 0 Å². The molecule has 14 heavy (non-hydrogen) atoms. The summed E-state index contributed by atoms with van der Waals surface area (Å²) in [6, 6.07) is 8.25. The first-order valence-corrected chi connectivity index (χ1v) is 5.34. The Kier molecular flexibility index (Phi) is 2.16. The van der Waals surface area contributed by atoms with Crippen molar-refractivity contribution < 1.29 is 0 Å². The smallest absolute Gasteiger partial charge is 0.0504 e. The lowest BCUT2D eigenvalue weighted by molar-refractivity contribution is 0.540. The highest BCUT2D eigenvalue weighted by Gasteiger charge is 2.16. The number of hydrogen-bond acceptors (Lipinski definition) is 1. The first kappa shape index (κ1) is 9.74. The number of rotatable bonds is 1. The lowest BCUT2D eigenvalue weighted by atomic mass is 10.0. The molecule has 1 aromatic heterocycles. The van der Waals surface area contributed by atoms with Crippen LogP contribution in [-0.4, -0.2) is 4.98 Å². The van der Waals surface area contributed by atoms with Crippen LogP contribution in [0.4, 0.5) is 0 Å². The zero-order chi connectivity index (χ0) is 10.3. The number of aromatic amines is 1. The number of aromatic nitrogens is 1. The van der Waals surface area contributed by atoms with Crippen LogP contribution >= 0.6 is 15.9 Å². The highest BCUT2D eigenvalue weighted by atomic mass is 79.9. The average molecular weight is 253 g/mol. The summed E-state index contributed by atoms with van der Waals surface area (Å²) in [4.78, 5) is 3.32. The minimum atomic E-state index is -0.314. The maximum atomic E-state index is 6.02. The maximum absolute atomic E-state index is 6.02. The molecule has 2 rings (SSSR count). The molecule has 0 saturated carbocycles. The summed E-state index contributed by atoms with van der Waals surface area (Å²) in [6.45, 7) is 3.99. The van der Waals surface area contributed by atoms with Gasteiger partial charge in [0.05, 0.1) is 5.54 Å². The van der Waals surface area contributed by atoms with Crippen LogP contribution in [0.15, 0.2) is 28.7 Å². The van der Waals surface area contributed by atoms with Crippen LogP contribution < -0.4 is 5.73 Å². The van der Waals surface area contributed by atoms with E-state index in [2.05, 4.69) is 39.1 Å². The quantitative estimate of drug-likeness (QED) is 0.805. The molecule has 74 valence electrons. The van der Waals surface area contributed by atoms with Crippen LogP contribution in [0.1, 0.15) is 19.5 Å². The van der Waals surface area contributed by atoms with E-state index in [0.29, 0.717) is 0 Å². The molecule has 0 bridgehead atoms. The Labute approximate surface area is 91.6 Å². The van der Waals surface area contributed by atoms with E-state index < -0.39 is 0 Å². The van der Waals surface area contributed by atoms with E-state index in [1.165, 1.54) is 5.39 Å². The molecule has 1 heterocycles. The second-order valence-corrected chi connectivity index (χ2v) is 5.05. The second-order valence-electron chi connectivity index (χ2n) is 4.14. The van der Waals surface area contributed by atoms with Crippen molar-refractivity contribution >= 4 is 26.8 Å². The number of nitrogens with two attached hydrogens (primary N) is 1. The van der Waals surface area contributed by atoms with E-state index >= 15 is 0 Å². The van der Waals surface area contributed by atoms with Crippen molar-refractivity contribution in [3.05, 3.63) is 34.4 Å². The molecule has 0 amide bonds. The van der Waals surface area contributed by atoms with Crippen LogP contribution in [-0.2, 0) is 5.54 Å². The molecule has 0 aliphatic rings. The molecular weight excluding hydrogens is 240 g/mol. The van der Waals surface area contributed by atoms with Crippen LogP contribution in [0.5, 0.6) is 0 Å². The number of nitrogens with one attached hydrogen (secondary N) is 1. The fourth-order valence-corrected chi connectivity index (χ4v) is 1.83. The fraction of sp³-hybridized carbons (Fsp3) is 0.273. The molecule has 0 radical (unpaired) electrons. The highest BCUT2D eigenvalue weighted by molar-refractivity contribution is 9.10. The number of H-pyrrole nitrogens is 1. The molecule has 0 aliphatic heterocycles. The van der Waals surface area contributed by atoms with Crippen LogP contribution in [0.2, 0.25) is 0 Å². The van der Waals surface area contributed by atoms with Crippen molar-refractivity contribution in [1.29, 1.82) is 0 Å². The van der Waals surface area contributed by atoms with Crippen LogP contribution in [0, 0.1) is 0 Å². The van der Waals surface area contributed by atoms with Crippen molar-refractivity contribution in [2.24, 2.45) is 5.73 Å². The van der Waals surface area contributed by atoms with E-state index in [9.17, 15) is 0 Å². The lowest BCUT2D eigenvalue weighted by Gasteiger charge is -2.15. The third-order valence-corrected chi connectivity index (χ3v) is 2.77. The fourth-order valence-electron chi connectivity index (χ4n) is 1.45. The van der Waals surface area contributed by atoms with Crippen molar-refractivity contribution in [1.82, 2.24) is 4.98 Å². The summed E-state index contributed by atoms with van der Waals surface area (Å²) in [5, 5.41) is 1.19. The Bertz CT molecular complexity index is 466. The SMILES string of the molecule is CC(C)(N)c1cc2cc(Br)ccc2[nH]1. The van der Waals surface area contributed by atoms with Crippen molar-refractivity contribution in [2.75, 3.05) is 0 Å². The van der Waals surface area contributed by atoms with E-state index in [-0.39, 0.29) is 5.54 Å². The second kappa shape index (κ2) is 3.11. The minimum Gasteiger partial charge on any atom is -0.357 e. The van der Waals surface area contributed by atoms with Crippen molar-refractivity contribution in [3.63, 3.8) is 0 Å². The van der Waals surface area contributed by atoms with Gasteiger partial charge in [0.1, 0.15) is 0 Å². The molecule has 2 aromatic rings. The molecule has 0 spiro atoms. The van der Waals surface area contributed by atoms with Gasteiger partial charge in [0.25, 0.3) is 0 Å². The van der Waals surface area contributed by atoms with Gasteiger partial charge in [-0.2, -0.15) is 0 Å². The number of hydrogen-bond donors (Lipinski definition) is 2. The average Bonchev–Trinajstić information content (AvgIpc) is 2.45. The molecule has 3 N–H and O–H groups in total. The summed E-state index contributed by atoms with van der Waals surface area (Å²) in [5.41, 5.74) is 7.89. The van der Waals surface area contributed by atoms with Gasteiger partial charge in [-0.1, -0.05) is 15.9 Å². The zero-order valence-electron chi connectivity index (χ0n) is 8.26. The van der Waals surface area contributed by atoms with E-state index in [0.717, 1.165) is 15.7 Å². The van der Waals surface area contributed by atoms with E-state index in [4.69, 9.17) is 5.73 Å². The standard InChI is InChI=1S/C11H13BrN2/c1-11(2,13)10-6-7-5-8(12)3-4-9(7)14-10/h3-6,14H,13H2,1-2H3. The first-order chi connectivity index (χ1) is 6.47. The highest BCUT2D eigenvalue weighted by Crippen LogP contribution is 2.24. The largest absolute Gasteiger partial charge is 0.357 e. The normalized spacial score (nSPS) is 12.3. The monoisotopic (exact) mass is 252 g/mol. The molecule has 0 atom stereocenters. The zero-order valence-corrected chi connectivity index (χ0v) is 9.85. The van der Waals surface area contributed by atoms with Crippen molar-refractivity contribution in [2.45, 2.75) is 19.4 Å². The van der Waals surface area contributed by atoms with Gasteiger partial charge in [-0.05, 0) is 38.1 Å². The minimum absolute atomic E-state index is 0.314. The summed E-state index contributed by atoms with van der Waals surface area (Å²) in [7, 11) is 0. The van der Waals surface area contributed by atoms with Gasteiger partial charge in [0.15, 0.2) is 0 Å². The molecular formula is C11H13BrN2. The predicted octanol–water partition coefficient (Wildman–Crippen LogP) is 3.12. The van der Waals surface area contributed by atoms with Crippen LogP contribution in [0.3, 0.4) is 0 Å². The van der Waals surface area contributed by atoms with Gasteiger partial charge < -0.3 is 10.7 Å². The van der Waals surface area contributed by atoms with Gasteiger partial charge in [-0.15, -0.1) is 0 Å². The summed E-state index contributed by atoms with van der Waals surface area (Å²) in [5.74, 6) is 0. The van der Waals surface area contributed by atoms with Gasteiger partial charge >= 0.3 is 0 Å². The third-order valence-electron chi connectivity index (χ3n) is 2.28. The third kappa shape index (κ3) is 1.70. The number of benzene rings is 1. The Hall–Kier alpha value is -0.800. The summed E-state index contributed by atoms with van der Waals surface area (Å²) >= 11 is 3.45. The topological polar surface area (TPSA) is 41.8 Å². The van der Waals surface area contributed by atoms with Crippen molar-refractivity contribution in [3.8, 4) is 0 Å². The Balaban J connectivity index is 2.63. The van der Waals surface area contributed by atoms with E-state index in [1.54, 1.807) is 0 Å². The van der Waals surface area contributed by atoms with E-state index in [1.807, 2.05) is 19.9 Å². The lowest BCUT2D eigenvalue weighted by Crippen LogP contribution is -2.28. The molecule has 0 saturated heterocycles. The van der Waals surface area contributed by atoms with Gasteiger partial charge in [0, 0.05) is 21.1 Å². The predicted molar refractivity (Wildman–Crippen MR) is 63.2 cm³/mol. The molecule has 0 aliphatic carbocycles. The molecule has 2 nitrogen and oxygen atoms in total. The maximum Gasteiger partial charge on any atom is 0.0504 e. The molecule has 1 aromatic carbocycles. The molecule has 0 fully saturated rings. The molecule has 3 heteroatoms. The summed E-state index contributed by atoms with van der Waals surface area (Å²) < 4.78 is 1.09. The number of halogens is 1. The van der Waals surface area contributed by atoms with Gasteiger partial charge in [-0.25, -0.2) is 0 Å². The summed E-state index contributed by atoms with van der Waals surface area (Å²) in [6.07, 6.45) is 0. The van der Waals surface area contributed by atoms with Gasteiger partial charge in [0.2, 0.25) is 0 Å². The number of fused-ring (bicyclic) bond motifs is 1. The Morgan fingerprint density at radius 2 is 2.00 bits per heavy atom. The Morgan fingerprint density at radius 3 is 2.64 bits per heavy atom. The first-order valence-electron chi connectivity index (χ1n) is 4.54. The Morgan fingerprint density at radius 1 is 1.29 bits per heavy atom. The molecule has 0 unspecified atom stereocenters. The van der Waals surface area contributed by atoms with Crippen LogP contribution in [0.25, 0.3) is 10.9 Å².